The molecule has 2 amide bonds. The number of nitriles is 1. The van der Waals surface area contributed by atoms with Crippen molar-refractivity contribution in [2.24, 2.45) is 10.4 Å². The molecule has 1 heterocycles. The lowest BCUT2D eigenvalue weighted by atomic mass is 9.88. The van der Waals surface area contributed by atoms with E-state index < -0.39 is 12.1 Å². The van der Waals surface area contributed by atoms with E-state index in [4.69, 9.17) is 14.7 Å². The van der Waals surface area contributed by atoms with Crippen molar-refractivity contribution in [1.82, 2.24) is 15.5 Å². The minimum atomic E-state index is -0.730. The number of hydrogen-bond acceptors (Lipinski definition) is 6. The average molecular weight is 422 g/mol. The highest BCUT2D eigenvalue weighted by atomic mass is 16.6. The van der Waals surface area contributed by atoms with E-state index >= 15 is 0 Å². The lowest BCUT2D eigenvalue weighted by molar-refractivity contribution is -0.122. The molecule has 9 nitrogen and oxygen atoms in total. The topological polar surface area (TPSA) is 116 Å². The molecule has 2 aliphatic rings. The Bertz CT molecular complexity index is 641. The maximum absolute atomic E-state index is 12.6. The fourth-order valence-corrected chi connectivity index (χ4v) is 3.59. The zero-order chi connectivity index (χ0) is 22.0. The molecule has 168 valence electrons. The van der Waals surface area contributed by atoms with Crippen LogP contribution in [0.3, 0.4) is 0 Å². The summed E-state index contributed by atoms with van der Waals surface area (Å²) in [5.41, 5.74) is -0.170. The number of carbonyl (C=O) groups is 2. The van der Waals surface area contributed by atoms with Crippen molar-refractivity contribution in [1.29, 1.82) is 5.26 Å². The molecule has 1 aliphatic carbocycles. The second-order valence-electron chi connectivity index (χ2n) is 9.00. The van der Waals surface area contributed by atoms with Crippen molar-refractivity contribution < 1.29 is 19.1 Å². The standard InChI is InChI=1S/C21H35N5O4/c1-21(2,3)15-17(18(27)23-10-9-22)24-19(26-11-13-29-14-12-26)25-20(28)30-16-7-5-4-6-8-16/h16-17H,4-8,10-15H2,1-3H3,(H,23,27)(H,24,25,28)/t17-/m0/s1. The number of rotatable bonds is 5. The van der Waals surface area contributed by atoms with Gasteiger partial charge in [-0.1, -0.05) is 27.2 Å². The SMILES string of the molecule is CC(C)(C)C[C@H](N=C(NC(=O)OC1CCCCC1)N1CCOCC1)C(=O)NCC#N. The summed E-state index contributed by atoms with van der Waals surface area (Å²) in [5.74, 6) is -0.0138. The summed E-state index contributed by atoms with van der Waals surface area (Å²) in [4.78, 5) is 31.7. The Labute approximate surface area is 179 Å². The van der Waals surface area contributed by atoms with Gasteiger partial charge in [-0.3, -0.25) is 10.1 Å². The van der Waals surface area contributed by atoms with Gasteiger partial charge in [0.05, 0.1) is 19.3 Å². The summed E-state index contributed by atoms with van der Waals surface area (Å²) in [6.45, 7) is 8.13. The van der Waals surface area contributed by atoms with Crippen LogP contribution in [-0.2, 0) is 14.3 Å². The molecule has 1 saturated heterocycles. The highest BCUT2D eigenvalue weighted by molar-refractivity contribution is 5.96. The van der Waals surface area contributed by atoms with Crippen LogP contribution in [0.4, 0.5) is 4.79 Å². The van der Waals surface area contributed by atoms with Crippen molar-refractivity contribution in [3.8, 4) is 6.07 Å². The Balaban J connectivity index is 2.17. The van der Waals surface area contributed by atoms with E-state index in [0.29, 0.717) is 38.7 Å². The highest BCUT2D eigenvalue weighted by Crippen LogP contribution is 2.23. The fraction of sp³-hybridized carbons (Fsp3) is 0.810. The van der Waals surface area contributed by atoms with E-state index in [1.807, 2.05) is 31.7 Å². The Morgan fingerprint density at radius 1 is 1.23 bits per heavy atom. The second-order valence-corrected chi connectivity index (χ2v) is 9.00. The Morgan fingerprint density at radius 2 is 1.90 bits per heavy atom. The number of amides is 2. The van der Waals surface area contributed by atoms with Crippen LogP contribution < -0.4 is 10.6 Å². The smallest absolute Gasteiger partial charge is 0.414 e. The first-order valence-corrected chi connectivity index (χ1v) is 10.8. The molecule has 0 radical (unpaired) electrons. The molecule has 0 unspecified atom stereocenters. The monoisotopic (exact) mass is 421 g/mol. The minimum Gasteiger partial charge on any atom is -0.446 e. The van der Waals surface area contributed by atoms with Gasteiger partial charge in [-0.15, -0.1) is 0 Å². The number of nitrogens with zero attached hydrogens (tertiary/aromatic N) is 3. The summed E-state index contributed by atoms with van der Waals surface area (Å²) in [5, 5.41) is 14.2. The van der Waals surface area contributed by atoms with Crippen molar-refractivity contribution >= 4 is 18.0 Å². The molecule has 2 fully saturated rings. The molecule has 1 aliphatic heterocycles. The molecule has 30 heavy (non-hydrogen) atoms. The lowest BCUT2D eigenvalue weighted by Gasteiger charge is -2.31. The molecule has 0 aromatic heterocycles. The number of ether oxygens (including phenoxy) is 2. The number of morpholine rings is 1. The fourth-order valence-electron chi connectivity index (χ4n) is 3.59. The maximum Gasteiger partial charge on any atom is 0.414 e. The number of hydrogen-bond donors (Lipinski definition) is 2. The van der Waals surface area contributed by atoms with Crippen molar-refractivity contribution in [3.63, 3.8) is 0 Å². The van der Waals surface area contributed by atoms with Crippen molar-refractivity contribution in [2.45, 2.75) is 71.4 Å². The predicted molar refractivity (Wildman–Crippen MR) is 113 cm³/mol. The van der Waals surface area contributed by atoms with E-state index in [9.17, 15) is 9.59 Å². The average Bonchev–Trinajstić information content (AvgIpc) is 2.71. The van der Waals surface area contributed by atoms with E-state index in [0.717, 1.165) is 25.7 Å². The van der Waals surface area contributed by atoms with Gasteiger partial charge in [0.2, 0.25) is 11.9 Å². The van der Waals surface area contributed by atoms with Crippen molar-refractivity contribution in [2.75, 3.05) is 32.8 Å². The molecular weight excluding hydrogens is 386 g/mol. The van der Waals surface area contributed by atoms with Crippen LogP contribution in [0.2, 0.25) is 0 Å². The molecule has 0 spiro atoms. The molecule has 2 N–H and O–H groups in total. The largest absolute Gasteiger partial charge is 0.446 e. The first-order valence-electron chi connectivity index (χ1n) is 10.8. The summed E-state index contributed by atoms with van der Waals surface area (Å²) >= 11 is 0. The Hall–Kier alpha value is -2.34. The molecule has 0 bridgehead atoms. The summed E-state index contributed by atoms with van der Waals surface area (Å²) in [7, 11) is 0. The predicted octanol–water partition coefficient (Wildman–Crippen LogP) is 2.18. The Kier molecular flexibility index (Phi) is 9.37. The minimum absolute atomic E-state index is 0.0750. The van der Waals surface area contributed by atoms with E-state index in [2.05, 4.69) is 15.6 Å². The molecular formula is C21H35N5O4. The normalized spacial score (nSPS) is 19.5. The van der Waals surface area contributed by atoms with Crippen molar-refractivity contribution in [3.05, 3.63) is 0 Å². The lowest BCUT2D eigenvalue weighted by Crippen LogP contribution is -2.51. The van der Waals surface area contributed by atoms with Gasteiger partial charge >= 0.3 is 6.09 Å². The van der Waals surface area contributed by atoms with Crippen LogP contribution in [0.1, 0.15) is 59.3 Å². The summed E-state index contributed by atoms with van der Waals surface area (Å²) in [6.07, 6.45) is 4.91. The zero-order valence-corrected chi connectivity index (χ0v) is 18.4. The van der Waals surface area contributed by atoms with Gasteiger partial charge in [-0.2, -0.15) is 5.26 Å². The van der Waals surface area contributed by atoms with Gasteiger partial charge in [0.25, 0.3) is 0 Å². The second kappa shape index (κ2) is 11.7. The maximum atomic E-state index is 12.6. The molecule has 0 aromatic rings. The number of guanidine groups is 1. The van der Waals surface area contributed by atoms with Crippen LogP contribution in [-0.4, -0.2) is 67.9 Å². The molecule has 9 heteroatoms. The first-order chi connectivity index (χ1) is 14.3. The summed E-state index contributed by atoms with van der Waals surface area (Å²) in [6, 6.07) is 1.18. The van der Waals surface area contributed by atoms with Gasteiger partial charge in [0, 0.05) is 13.1 Å². The third-order valence-electron chi connectivity index (χ3n) is 5.08. The summed E-state index contributed by atoms with van der Waals surface area (Å²) < 4.78 is 11.0. The van der Waals surface area contributed by atoms with Crippen LogP contribution in [0, 0.1) is 16.7 Å². The highest BCUT2D eigenvalue weighted by Gasteiger charge is 2.28. The van der Waals surface area contributed by atoms with Gasteiger partial charge in [-0.05, 0) is 37.5 Å². The first kappa shape index (κ1) is 23.9. The van der Waals surface area contributed by atoms with E-state index in [1.54, 1.807) is 0 Å². The van der Waals surface area contributed by atoms with E-state index in [1.165, 1.54) is 6.42 Å². The number of aliphatic imine (C=N–C) groups is 1. The van der Waals surface area contributed by atoms with Gasteiger partial charge < -0.3 is 19.7 Å². The molecule has 0 aromatic carbocycles. The number of carbonyl (C=O) groups excluding carboxylic acids is 2. The van der Waals surface area contributed by atoms with Crippen LogP contribution in [0.15, 0.2) is 4.99 Å². The quantitative estimate of drug-likeness (QED) is 0.399. The number of alkyl carbamates (subject to hydrolysis) is 1. The van der Waals surface area contributed by atoms with Crippen LogP contribution in [0.5, 0.6) is 0 Å². The van der Waals surface area contributed by atoms with E-state index in [-0.39, 0.29) is 24.0 Å². The third kappa shape index (κ3) is 8.57. The van der Waals surface area contributed by atoms with Gasteiger partial charge in [0.1, 0.15) is 18.7 Å². The third-order valence-corrected chi connectivity index (χ3v) is 5.08. The molecule has 1 atom stereocenters. The van der Waals surface area contributed by atoms with Gasteiger partial charge in [0.15, 0.2) is 0 Å². The number of nitrogens with one attached hydrogen (secondary N) is 2. The molecule has 1 saturated carbocycles. The molecule has 2 rings (SSSR count). The van der Waals surface area contributed by atoms with Crippen LogP contribution >= 0.6 is 0 Å². The van der Waals surface area contributed by atoms with Crippen LogP contribution in [0.25, 0.3) is 0 Å². The zero-order valence-electron chi connectivity index (χ0n) is 18.4. The van der Waals surface area contributed by atoms with Gasteiger partial charge in [-0.25, -0.2) is 9.79 Å². The Morgan fingerprint density at radius 3 is 2.50 bits per heavy atom.